The summed E-state index contributed by atoms with van der Waals surface area (Å²) < 4.78 is 6.89. The maximum atomic E-state index is 11.3. The number of rotatable bonds is 4. The van der Waals surface area contributed by atoms with E-state index in [1.54, 1.807) is 6.08 Å². The van der Waals surface area contributed by atoms with E-state index < -0.39 is 0 Å². The highest BCUT2D eigenvalue weighted by molar-refractivity contribution is 5.89. The molecular formula is C21H21NO2. The van der Waals surface area contributed by atoms with Crippen molar-refractivity contribution in [3.8, 4) is 0 Å². The van der Waals surface area contributed by atoms with E-state index in [2.05, 4.69) is 65.7 Å². The lowest BCUT2D eigenvalue weighted by molar-refractivity contribution is -0.134. The van der Waals surface area contributed by atoms with Gasteiger partial charge in [-0.1, -0.05) is 30.3 Å². The normalized spacial score (nSPS) is 11.3. The van der Waals surface area contributed by atoms with Crippen molar-refractivity contribution in [2.24, 2.45) is 0 Å². The Hall–Kier alpha value is -2.81. The van der Waals surface area contributed by atoms with Gasteiger partial charge in [-0.3, -0.25) is 0 Å². The number of benzene rings is 2. The Labute approximate surface area is 142 Å². The average Bonchev–Trinajstić information content (AvgIpc) is 2.98. The minimum Gasteiger partial charge on any atom is -0.466 e. The molecule has 122 valence electrons. The molecule has 3 nitrogen and oxygen atoms in total. The van der Waals surface area contributed by atoms with Gasteiger partial charge in [0.25, 0.3) is 0 Å². The zero-order valence-corrected chi connectivity index (χ0v) is 14.2. The quantitative estimate of drug-likeness (QED) is 0.524. The molecule has 24 heavy (non-hydrogen) atoms. The third-order valence-corrected chi connectivity index (χ3v) is 4.38. The monoisotopic (exact) mass is 319 g/mol. The summed E-state index contributed by atoms with van der Waals surface area (Å²) in [5.74, 6) is -0.346. The predicted molar refractivity (Wildman–Crippen MR) is 98.0 cm³/mol. The molecule has 0 saturated carbocycles. The Morgan fingerprint density at radius 2 is 1.88 bits per heavy atom. The molecule has 0 saturated heterocycles. The molecule has 3 heteroatoms. The minimum atomic E-state index is -0.346. The Balaban J connectivity index is 1.97. The number of aromatic nitrogens is 1. The van der Waals surface area contributed by atoms with Crippen LogP contribution < -0.4 is 0 Å². The number of methoxy groups -OCH3 is 1. The van der Waals surface area contributed by atoms with Crippen LogP contribution in [0.2, 0.25) is 0 Å². The van der Waals surface area contributed by atoms with Crippen molar-refractivity contribution in [2.75, 3.05) is 7.11 Å². The Morgan fingerprint density at radius 3 is 2.58 bits per heavy atom. The highest BCUT2D eigenvalue weighted by Crippen LogP contribution is 2.22. The third-order valence-electron chi connectivity index (χ3n) is 4.38. The van der Waals surface area contributed by atoms with E-state index in [1.807, 2.05) is 6.07 Å². The van der Waals surface area contributed by atoms with Crippen LogP contribution in [-0.4, -0.2) is 17.6 Å². The molecule has 3 rings (SSSR count). The summed E-state index contributed by atoms with van der Waals surface area (Å²) in [7, 11) is 1.38. The van der Waals surface area contributed by atoms with Crippen molar-refractivity contribution in [2.45, 2.75) is 20.4 Å². The van der Waals surface area contributed by atoms with Crippen molar-refractivity contribution in [1.82, 2.24) is 4.57 Å². The van der Waals surface area contributed by atoms with Gasteiger partial charge in [-0.25, -0.2) is 4.79 Å². The average molecular weight is 319 g/mol. The smallest absolute Gasteiger partial charge is 0.330 e. The third kappa shape index (κ3) is 3.25. The second-order valence-corrected chi connectivity index (χ2v) is 5.99. The Bertz CT molecular complexity index is 898. The van der Waals surface area contributed by atoms with Crippen LogP contribution in [0.4, 0.5) is 0 Å². The summed E-state index contributed by atoms with van der Waals surface area (Å²) in [5.41, 5.74) is 6.10. The van der Waals surface area contributed by atoms with E-state index >= 15 is 0 Å². The van der Waals surface area contributed by atoms with Gasteiger partial charge >= 0.3 is 5.97 Å². The van der Waals surface area contributed by atoms with E-state index in [4.69, 9.17) is 0 Å². The molecule has 0 bridgehead atoms. The Kier molecular flexibility index (Phi) is 4.52. The molecule has 3 aromatic rings. The molecule has 1 heterocycles. The van der Waals surface area contributed by atoms with Crippen LogP contribution in [0.15, 0.2) is 54.7 Å². The number of carbonyl (C=O) groups is 1. The van der Waals surface area contributed by atoms with Crippen molar-refractivity contribution in [3.05, 3.63) is 77.0 Å². The van der Waals surface area contributed by atoms with E-state index in [0.717, 1.165) is 17.6 Å². The fourth-order valence-corrected chi connectivity index (χ4v) is 2.94. The summed E-state index contributed by atoms with van der Waals surface area (Å²) in [6.45, 7) is 5.14. The highest BCUT2D eigenvalue weighted by atomic mass is 16.5. The maximum absolute atomic E-state index is 11.3. The van der Waals surface area contributed by atoms with Gasteiger partial charge < -0.3 is 9.30 Å². The number of esters is 1. The van der Waals surface area contributed by atoms with Crippen molar-refractivity contribution >= 4 is 22.9 Å². The summed E-state index contributed by atoms with van der Waals surface area (Å²) in [6.07, 6.45) is 5.34. The van der Waals surface area contributed by atoms with E-state index in [9.17, 15) is 4.79 Å². The molecule has 0 N–H and O–H groups in total. The van der Waals surface area contributed by atoms with Gasteiger partial charge in [0.05, 0.1) is 7.11 Å². The van der Waals surface area contributed by atoms with Crippen molar-refractivity contribution < 1.29 is 9.53 Å². The first kappa shape index (κ1) is 16.1. The topological polar surface area (TPSA) is 31.2 Å². The van der Waals surface area contributed by atoms with Crippen LogP contribution in [0.1, 0.15) is 22.3 Å². The first-order valence-electron chi connectivity index (χ1n) is 7.98. The largest absolute Gasteiger partial charge is 0.466 e. The summed E-state index contributed by atoms with van der Waals surface area (Å²) in [6, 6.07) is 14.7. The number of ether oxygens (including phenoxy) is 1. The number of aryl methyl sites for hydroxylation is 2. The standard InChI is InChI=1S/C21H21NO2/c1-15-5-4-6-16(2)19(15)14-22-12-11-18-9-7-17(13-20(18)22)8-10-21(23)24-3/h4-13H,14H2,1-3H3/b10-8+. The first-order valence-corrected chi connectivity index (χ1v) is 7.98. The van der Waals surface area contributed by atoms with Crippen LogP contribution in [0.3, 0.4) is 0 Å². The van der Waals surface area contributed by atoms with Gasteiger partial charge in [0.2, 0.25) is 0 Å². The van der Waals surface area contributed by atoms with Crippen LogP contribution in [-0.2, 0) is 16.1 Å². The van der Waals surface area contributed by atoms with Crippen molar-refractivity contribution in [3.63, 3.8) is 0 Å². The number of carbonyl (C=O) groups excluding carboxylic acids is 1. The molecule has 0 fully saturated rings. The summed E-state index contributed by atoms with van der Waals surface area (Å²) in [4.78, 5) is 11.3. The molecule has 1 aromatic heterocycles. The molecule has 0 spiro atoms. The van der Waals surface area contributed by atoms with E-state index in [1.165, 1.54) is 35.3 Å². The number of hydrogen-bond acceptors (Lipinski definition) is 2. The lowest BCUT2D eigenvalue weighted by Crippen LogP contribution is -2.02. The molecule has 0 aliphatic heterocycles. The van der Waals surface area contributed by atoms with Gasteiger partial charge in [-0.15, -0.1) is 0 Å². The van der Waals surface area contributed by atoms with Gasteiger partial charge in [0.15, 0.2) is 0 Å². The molecule has 0 aliphatic carbocycles. The lowest BCUT2D eigenvalue weighted by atomic mass is 10.0. The highest BCUT2D eigenvalue weighted by Gasteiger charge is 2.06. The van der Waals surface area contributed by atoms with Crippen molar-refractivity contribution in [1.29, 1.82) is 0 Å². The zero-order valence-electron chi connectivity index (χ0n) is 14.2. The minimum absolute atomic E-state index is 0.346. The van der Waals surface area contributed by atoms with Gasteiger partial charge in [-0.2, -0.15) is 0 Å². The Morgan fingerprint density at radius 1 is 1.12 bits per heavy atom. The molecule has 2 aromatic carbocycles. The molecule has 0 amide bonds. The number of fused-ring (bicyclic) bond motifs is 1. The second-order valence-electron chi connectivity index (χ2n) is 5.99. The number of nitrogens with zero attached hydrogens (tertiary/aromatic N) is 1. The predicted octanol–water partition coefficient (Wildman–Crippen LogP) is 4.49. The van der Waals surface area contributed by atoms with Crippen LogP contribution >= 0.6 is 0 Å². The summed E-state index contributed by atoms with van der Waals surface area (Å²) in [5, 5.41) is 1.19. The molecular weight excluding hydrogens is 298 g/mol. The second kappa shape index (κ2) is 6.75. The van der Waals surface area contributed by atoms with Gasteiger partial charge in [0, 0.05) is 24.3 Å². The SMILES string of the molecule is COC(=O)/C=C/c1ccc2ccn(Cc3c(C)cccc3C)c2c1. The van der Waals surface area contributed by atoms with Crippen LogP contribution in [0.5, 0.6) is 0 Å². The van der Waals surface area contributed by atoms with E-state index in [0.29, 0.717) is 0 Å². The van der Waals surface area contributed by atoms with E-state index in [-0.39, 0.29) is 5.97 Å². The lowest BCUT2D eigenvalue weighted by Gasteiger charge is -2.12. The van der Waals surface area contributed by atoms with Crippen LogP contribution in [0, 0.1) is 13.8 Å². The molecule has 0 atom stereocenters. The summed E-state index contributed by atoms with van der Waals surface area (Å²) >= 11 is 0. The molecule has 0 aliphatic rings. The fraction of sp³-hybridized carbons (Fsp3) is 0.190. The maximum Gasteiger partial charge on any atom is 0.330 e. The van der Waals surface area contributed by atoms with Crippen LogP contribution in [0.25, 0.3) is 17.0 Å². The number of hydrogen-bond donors (Lipinski definition) is 0. The molecule has 0 radical (unpaired) electrons. The van der Waals surface area contributed by atoms with Gasteiger partial charge in [0.1, 0.15) is 0 Å². The van der Waals surface area contributed by atoms with Gasteiger partial charge in [-0.05, 0) is 59.7 Å². The fourth-order valence-electron chi connectivity index (χ4n) is 2.94. The first-order chi connectivity index (χ1) is 11.6. The zero-order chi connectivity index (χ0) is 17.1. The molecule has 0 unspecified atom stereocenters.